The van der Waals surface area contributed by atoms with E-state index in [9.17, 15) is 0 Å². The van der Waals surface area contributed by atoms with Gasteiger partial charge in [-0.25, -0.2) is 0 Å². The Kier molecular flexibility index (Phi) is 1.40. The molecular weight excluding hydrogens is 156 g/mol. The Hall–Kier alpha value is -1.04. The molecule has 0 N–H and O–H groups in total. The maximum atomic E-state index is 2.44. The molecule has 66 valence electrons. The summed E-state index contributed by atoms with van der Waals surface area (Å²) < 4.78 is 0. The van der Waals surface area contributed by atoms with E-state index in [-0.39, 0.29) is 0 Å². The summed E-state index contributed by atoms with van der Waals surface area (Å²) in [6.45, 7) is 2.27. The zero-order valence-electron chi connectivity index (χ0n) is 7.85. The first-order chi connectivity index (χ1) is 6.36. The van der Waals surface area contributed by atoms with Gasteiger partial charge in [-0.3, -0.25) is 0 Å². The topological polar surface area (TPSA) is 0 Å². The second-order valence-electron chi connectivity index (χ2n) is 4.32. The van der Waals surface area contributed by atoms with Crippen molar-refractivity contribution in [3.8, 4) is 0 Å². The summed E-state index contributed by atoms with van der Waals surface area (Å²) in [4.78, 5) is 0. The second-order valence-corrected chi connectivity index (χ2v) is 4.32. The molecule has 0 aromatic carbocycles. The number of fused-ring (bicyclic) bond motifs is 5. The van der Waals surface area contributed by atoms with Crippen LogP contribution in [0.1, 0.15) is 6.92 Å². The zero-order valence-corrected chi connectivity index (χ0v) is 7.85. The molecule has 0 nitrogen and oxygen atoms in total. The van der Waals surface area contributed by atoms with Crippen molar-refractivity contribution in [1.82, 2.24) is 0 Å². The lowest BCUT2D eigenvalue weighted by molar-refractivity contribution is 0.289. The van der Waals surface area contributed by atoms with Crippen LogP contribution in [0.3, 0.4) is 0 Å². The summed E-state index contributed by atoms with van der Waals surface area (Å²) in [6.07, 6.45) is 16.2. The third-order valence-electron chi connectivity index (χ3n) is 3.59. The molecule has 4 unspecified atom stereocenters. The van der Waals surface area contributed by atoms with E-state index < -0.39 is 0 Å². The average molecular weight is 170 g/mol. The van der Waals surface area contributed by atoms with Crippen LogP contribution < -0.4 is 0 Å². The van der Waals surface area contributed by atoms with Crippen molar-refractivity contribution < 1.29 is 0 Å². The van der Waals surface area contributed by atoms with E-state index in [1.165, 1.54) is 0 Å². The lowest BCUT2D eigenvalue weighted by Crippen LogP contribution is -2.36. The lowest BCUT2D eigenvalue weighted by atomic mass is 9.60. The number of hydrogen-bond donors (Lipinski definition) is 0. The Morgan fingerprint density at radius 1 is 0.923 bits per heavy atom. The fraction of sp³-hybridized carbons (Fsp3) is 0.385. The van der Waals surface area contributed by atoms with Crippen molar-refractivity contribution in [2.24, 2.45) is 23.7 Å². The van der Waals surface area contributed by atoms with Crippen LogP contribution in [0.25, 0.3) is 0 Å². The average Bonchev–Trinajstić information content (AvgIpc) is 2.06. The van der Waals surface area contributed by atoms with Crippen LogP contribution in [0, 0.1) is 23.7 Å². The number of allylic oxidation sites excluding steroid dienone is 8. The van der Waals surface area contributed by atoms with Crippen LogP contribution in [-0.4, -0.2) is 0 Å². The summed E-state index contributed by atoms with van der Waals surface area (Å²) in [7, 11) is 0. The molecular formula is C13H14. The van der Waals surface area contributed by atoms with Crippen molar-refractivity contribution in [2.45, 2.75) is 6.92 Å². The van der Waals surface area contributed by atoms with Crippen LogP contribution in [0.2, 0.25) is 0 Å². The minimum absolute atomic E-state index is 0.662. The first kappa shape index (κ1) is 7.37. The maximum Gasteiger partial charge on any atom is 0.00213 e. The minimum atomic E-state index is 0.662. The van der Waals surface area contributed by atoms with Crippen LogP contribution in [-0.2, 0) is 0 Å². The molecule has 0 aromatic rings. The van der Waals surface area contributed by atoms with E-state index in [4.69, 9.17) is 0 Å². The van der Waals surface area contributed by atoms with Gasteiger partial charge in [0.15, 0.2) is 0 Å². The van der Waals surface area contributed by atoms with Gasteiger partial charge in [-0.2, -0.15) is 0 Å². The molecule has 3 rings (SSSR count). The third kappa shape index (κ3) is 0.918. The summed E-state index contributed by atoms with van der Waals surface area (Å²) in [5, 5.41) is 0. The Labute approximate surface area is 79.3 Å². The molecule has 0 amide bonds. The predicted molar refractivity (Wildman–Crippen MR) is 55.1 cm³/mol. The van der Waals surface area contributed by atoms with E-state index in [2.05, 4.69) is 49.5 Å². The van der Waals surface area contributed by atoms with Crippen LogP contribution in [0.15, 0.2) is 48.1 Å². The normalized spacial score (nSPS) is 49.8. The molecule has 2 bridgehead atoms. The minimum Gasteiger partial charge on any atom is -0.0806 e. The second kappa shape index (κ2) is 2.47. The van der Waals surface area contributed by atoms with Crippen molar-refractivity contribution in [2.75, 3.05) is 0 Å². The van der Waals surface area contributed by atoms with Gasteiger partial charge in [0, 0.05) is 11.8 Å². The molecule has 0 radical (unpaired) electrons. The van der Waals surface area contributed by atoms with Crippen molar-refractivity contribution >= 4 is 0 Å². The summed E-state index contributed by atoms with van der Waals surface area (Å²) in [6, 6.07) is 0. The fourth-order valence-corrected chi connectivity index (χ4v) is 2.88. The van der Waals surface area contributed by atoms with Crippen molar-refractivity contribution in [1.29, 1.82) is 0 Å². The number of hydrogen-bond acceptors (Lipinski definition) is 0. The Balaban J connectivity index is 2.08. The molecule has 0 heterocycles. The highest BCUT2D eigenvalue weighted by Gasteiger charge is 2.40. The van der Waals surface area contributed by atoms with Crippen LogP contribution >= 0.6 is 0 Å². The van der Waals surface area contributed by atoms with E-state index in [0.29, 0.717) is 11.8 Å². The molecule has 0 aromatic heterocycles. The molecule has 3 aliphatic carbocycles. The van der Waals surface area contributed by atoms with Gasteiger partial charge < -0.3 is 0 Å². The van der Waals surface area contributed by atoms with Crippen molar-refractivity contribution in [3.63, 3.8) is 0 Å². The van der Waals surface area contributed by atoms with Crippen LogP contribution in [0.5, 0.6) is 0 Å². The molecule has 3 aliphatic rings. The molecule has 0 saturated heterocycles. The molecule has 0 aliphatic heterocycles. The van der Waals surface area contributed by atoms with E-state index in [1.807, 2.05) is 0 Å². The van der Waals surface area contributed by atoms with E-state index >= 15 is 0 Å². The summed E-state index contributed by atoms with van der Waals surface area (Å²) in [5.74, 6) is 2.92. The highest BCUT2D eigenvalue weighted by molar-refractivity contribution is 5.35. The van der Waals surface area contributed by atoms with Gasteiger partial charge >= 0.3 is 0 Å². The van der Waals surface area contributed by atoms with Gasteiger partial charge in [-0.05, 0) is 18.8 Å². The Bertz CT molecular complexity index is 341. The van der Waals surface area contributed by atoms with Gasteiger partial charge in [0.1, 0.15) is 0 Å². The van der Waals surface area contributed by atoms with E-state index in [1.54, 1.807) is 5.57 Å². The highest BCUT2D eigenvalue weighted by Crippen LogP contribution is 2.48. The monoisotopic (exact) mass is 170 g/mol. The van der Waals surface area contributed by atoms with Gasteiger partial charge in [-0.1, -0.05) is 48.1 Å². The Morgan fingerprint density at radius 2 is 1.62 bits per heavy atom. The van der Waals surface area contributed by atoms with E-state index in [0.717, 1.165) is 11.8 Å². The van der Waals surface area contributed by atoms with Crippen molar-refractivity contribution in [3.05, 3.63) is 48.1 Å². The number of rotatable bonds is 0. The molecule has 0 fully saturated rings. The standard InChI is InChI=1S/C13H14/c1-9-8-12-10-4-2-3-5-11(7-6-10)13(9)12/h2-8,10-13H,1H3/b4-2+,5-3-. The predicted octanol–water partition coefficient (Wildman–Crippen LogP) is 3.11. The summed E-state index contributed by atoms with van der Waals surface area (Å²) in [5.41, 5.74) is 1.59. The Morgan fingerprint density at radius 3 is 2.38 bits per heavy atom. The quantitative estimate of drug-likeness (QED) is 0.490. The fourth-order valence-electron chi connectivity index (χ4n) is 2.88. The lowest BCUT2D eigenvalue weighted by Gasteiger charge is -2.44. The molecule has 0 heteroatoms. The van der Waals surface area contributed by atoms with Gasteiger partial charge in [0.05, 0.1) is 0 Å². The first-order valence-electron chi connectivity index (χ1n) is 5.08. The first-order valence-corrected chi connectivity index (χ1v) is 5.08. The molecule has 0 saturated carbocycles. The molecule has 4 atom stereocenters. The van der Waals surface area contributed by atoms with Gasteiger partial charge in [0.25, 0.3) is 0 Å². The maximum absolute atomic E-state index is 2.44. The van der Waals surface area contributed by atoms with Gasteiger partial charge in [0.2, 0.25) is 0 Å². The largest absolute Gasteiger partial charge is 0.0806 e. The smallest absolute Gasteiger partial charge is 0.00213 e. The highest BCUT2D eigenvalue weighted by atomic mass is 14.4. The summed E-state index contributed by atoms with van der Waals surface area (Å²) >= 11 is 0. The SMILES string of the molecule is CC1=CC2C3C=CC(/C=C\C=C\3)C12. The van der Waals surface area contributed by atoms with Gasteiger partial charge in [-0.15, -0.1) is 0 Å². The van der Waals surface area contributed by atoms with Crippen LogP contribution in [0.4, 0.5) is 0 Å². The third-order valence-corrected chi connectivity index (χ3v) is 3.59. The zero-order chi connectivity index (χ0) is 8.84. The molecule has 0 spiro atoms. The molecule has 13 heavy (non-hydrogen) atoms.